The third-order valence-corrected chi connectivity index (χ3v) is 0. The molecule has 0 bridgehead atoms. The van der Waals surface area contributed by atoms with E-state index in [0.29, 0.717) is 0 Å². The van der Waals surface area contributed by atoms with Crippen molar-refractivity contribution in [3.63, 3.8) is 0 Å². The molecule has 0 unspecified atom stereocenters. The number of hydrogen-bond donors (Lipinski definition) is 1. The standard InChI is InChI=1S/CH4O.3ClH.Ti/c1-2;;;;/h2H,1H3;3*1H;. The number of hydrogen-bond acceptors (Lipinski definition) is 1. The fourth-order valence-electron chi connectivity index (χ4n) is 0. The third kappa shape index (κ3) is 48.0. The average molecular weight is 189 g/mol. The molecule has 0 aromatic heterocycles. The number of rotatable bonds is 0. The Morgan fingerprint density at radius 3 is 0.833 bits per heavy atom. The number of aliphatic hydroxyl groups is 1. The van der Waals surface area contributed by atoms with Gasteiger partial charge in [-0.25, -0.2) is 0 Å². The van der Waals surface area contributed by atoms with Crippen molar-refractivity contribution in [1.82, 2.24) is 0 Å². The van der Waals surface area contributed by atoms with Gasteiger partial charge in [0.15, 0.2) is 0 Å². The van der Waals surface area contributed by atoms with Crippen LogP contribution in [0.4, 0.5) is 0 Å². The molecule has 0 spiro atoms. The van der Waals surface area contributed by atoms with Crippen LogP contribution >= 0.6 is 37.2 Å². The second-order valence-corrected chi connectivity index (χ2v) is 0. The summed E-state index contributed by atoms with van der Waals surface area (Å²) in [7, 11) is 1.00. The molecule has 0 aliphatic heterocycles. The summed E-state index contributed by atoms with van der Waals surface area (Å²) < 4.78 is 0. The first kappa shape index (κ1) is 49.9. The van der Waals surface area contributed by atoms with E-state index in [1.54, 1.807) is 0 Å². The summed E-state index contributed by atoms with van der Waals surface area (Å²) in [5, 5.41) is 7.00. The Bertz CT molecular complexity index is 10.8. The van der Waals surface area contributed by atoms with Crippen molar-refractivity contribution in [2.24, 2.45) is 0 Å². The summed E-state index contributed by atoms with van der Waals surface area (Å²) in [6.07, 6.45) is 0. The minimum atomic E-state index is 0. The smallest absolute Gasteiger partial charge is 0.0319 e. The molecular formula is CH7Cl3OTi. The maximum Gasteiger partial charge on any atom is 0.0319 e. The molecule has 0 amide bonds. The Kier molecular flexibility index (Phi) is 702. The molecule has 0 fully saturated rings. The Balaban J connectivity index is -0.000000000833. The van der Waals surface area contributed by atoms with E-state index in [4.69, 9.17) is 5.11 Å². The predicted molar refractivity (Wildman–Crippen MR) is 29.9 cm³/mol. The molecule has 0 aliphatic rings. The van der Waals surface area contributed by atoms with Gasteiger partial charge in [-0.15, -0.1) is 37.2 Å². The molecule has 1 nitrogen and oxygen atoms in total. The molecule has 0 rings (SSSR count). The van der Waals surface area contributed by atoms with Crippen LogP contribution in [0.5, 0.6) is 0 Å². The first-order chi connectivity index (χ1) is 1.00. The first-order valence-electron chi connectivity index (χ1n) is 0.447. The van der Waals surface area contributed by atoms with Gasteiger partial charge in [-0.3, -0.25) is 0 Å². The summed E-state index contributed by atoms with van der Waals surface area (Å²) >= 11 is 0. The van der Waals surface area contributed by atoms with Crippen molar-refractivity contribution in [2.75, 3.05) is 7.11 Å². The molecule has 0 saturated heterocycles. The van der Waals surface area contributed by atoms with Gasteiger partial charge in [0.05, 0.1) is 0 Å². The Morgan fingerprint density at radius 1 is 0.833 bits per heavy atom. The summed E-state index contributed by atoms with van der Waals surface area (Å²) in [6, 6.07) is 0. The molecule has 5 heteroatoms. The van der Waals surface area contributed by atoms with Crippen LogP contribution in [0.15, 0.2) is 0 Å². The normalized spacial score (nSPS) is 1.00. The molecule has 0 radical (unpaired) electrons. The third-order valence-electron chi connectivity index (χ3n) is 0. The minimum Gasteiger partial charge on any atom is -0.400 e. The van der Waals surface area contributed by atoms with Crippen LogP contribution in [0.1, 0.15) is 0 Å². The SMILES string of the molecule is CO.Cl.Cl.Cl.[Ti]. The Morgan fingerprint density at radius 2 is 0.833 bits per heavy atom. The molecule has 6 heavy (non-hydrogen) atoms. The maximum absolute atomic E-state index is 7.00. The van der Waals surface area contributed by atoms with Crippen molar-refractivity contribution >= 4 is 37.2 Å². The van der Waals surface area contributed by atoms with Crippen molar-refractivity contribution in [3.05, 3.63) is 0 Å². The maximum atomic E-state index is 7.00. The molecule has 0 atom stereocenters. The van der Waals surface area contributed by atoms with Crippen molar-refractivity contribution in [3.8, 4) is 0 Å². The van der Waals surface area contributed by atoms with Crippen LogP contribution < -0.4 is 0 Å². The van der Waals surface area contributed by atoms with Crippen LogP contribution in [0, 0.1) is 0 Å². The minimum absolute atomic E-state index is 0. The van der Waals surface area contributed by atoms with E-state index < -0.39 is 0 Å². The largest absolute Gasteiger partial charge is 0.400 e. The zero-order valence-corrected chi connectivity index (χ0v) is 7.18. The fraction of sp³-hybridized carbons (Fsp3) is 1.00. The van der Waals surface area contributed by atoms with Gasteiger partial charge in [0.2, 0.25) is 0 Å². The van der Waals surface area contributed by atoms with Gasteiger partial charge >= 0.3 is 0 Å². The van der Waals surface area contributed by atoms with Gasteiger partial charge in [0.25, 0.3) is 0 Å². The van der Waals surface area contributed by atoms with Crippen molar-refractivity contribution in [2.45, 2.75) is 0 Å². The zero-order valence-electron chi connectivity index (χ0n) is 3.17. The van der Waals surface area contributed by atoms with Gasteiger partial charge < -0.3 is 5.11 Å². The van der Waals surface area contributed by atoms with Gasteiger partial charge in [0.1, 0.15) is 0 Å². The average Bonchev–Trinajstić information content (AvgIpc) is 1.00. The van der Waals surface area contributed by atoms with Crippen LogP contribution in [0.2, 0.25) is 0 Å². The van der Waals surface area contributed by atoms with Gasteiger partial charge in [-0.05, 0) is 0 Å². The summed E-state index contributed by atoms with van der Waals surface area (Å²) in [5.41, 5.74) is 0. The van der Waals surface area contributed by atoms with E-state index in [-0.39, 0.29) is 58.9 Å². The van der Waals surface area contributed by atoms with Crippen LogP contribution in [-0.4, -0.2) is 12.2 Å². The van der Waals surface area contributed by atoms with E-state index in [2.05, 4.69) is 0 Å². The van der Waals surface area contributed by atoms with E-state index >= 15 is 0 Å². The molecule has 0 heterocycles. The molecule has 0 saturated carbocycles. The Labute approximate surface area is 71.0 Å². The Hall–Kier alpha value is 1.54. The van der Waals surface area contributed by atoms with E-state index in [0.717, 1.165) is 7.11 Å². The number of aliphatic hydroxyl groups excluding tert-OH is 1. The van der Waals surface area contributed by atoms with Crippen LogP contribution in [-0.2, 0) is 21.7 Å². The monoisotopic (exact) mass is 188 g/mol. The van der Waals surface area contributed by atoms with Gasteiger partial charge in [-0.2, -0.15) is 0 Å². The summed E-state index contributed by atoms with van der Waals surface area (Å²) in [5.74, 6) is 0. The topological polar surface area (TPSA) is 20.2 Å². The fourth-order valence-corrected chi connectivity index (χ4v) is 0. The molecule has 0 aliphatic carbocycles. The summed E-state index contributed by atoms with van der Waals surface area (Å²) in [6.45, 7) is 0. The van der Waals surface area contributed by atoms with Crippen molar-refractivity contribution in [1.29, 1.82) is 0 Å². The second kappa shape index (κ2) is 84.4. The van der Waals surface area contributed by atoms with Crippen molar-refractivity contribution < 1.29 is 26.8 Å². The first-order valence-corrected chi connectivity index (χ1v) is 0.447. The zero-order chi connectivity index (χ0) is 2.00. The molecule has 0 aromatic carbocycles. The van der Waals surface area contributed by atoms with E-state index in [1.807, 2.05) is 0 Å². The summed E-state index contributed by atoms with van der Waals surface area (Å²) in [4.78, 5) is 0. The molecule has 1 N–H and O–H groups in total. The number of halogens is 3. The quantitative estimate of drug-likeness (QED) is 0.561. The second-order valence-electron chi connectivity index (χ2n) is 0. The molecule has 0 aromatic rings. The van der Waals surface area contributed by atoms with Gasteiger partial charge in [0, 0.05) is 28.8 Å². The van der Waals surface area contributed by atoms with Gasteiger partial charge in [-0.1, -0.05) is 0 Å². The van der Waals surface area contributed by atoms with E-state index in [9.17, 15) is 0 Å². The molecular weight excluding hydrogens is 182 g/mol. The van der Waals surface area contributed by atoms with Crippen LogP contribution in [0.25, 0.3) is 0 Å². The molecule has 42 valence electrons. The predicted octanol–water partition coefficient (Wildman–Crippen LogP) is 0.871. The van der Waals surface area contributed by atoms with E-state index in [1.165, 1.54) is 0 Å². The van der Waals surface area contributed by atoms with Crippen LogP contribution in [0.3, 0.4) is 0 Å².